The summed E-state index contributed by atoms with van der Waals surface area (Å²) in [6, 6.07) is 12.0. The Kier molecular flexibility index (Phi) is 185. The third-order valence-corrected chi connectivity index (χ3v) is 0.667. The average Bonchev–Trinajstić information content (AvgIpc) is 1.96. The van der Waals surface area contributed by atoms with E-state index in [0.717, 1.165) is 0 Å². The van der Waals surface area contributed by atoms with Gasteiger partial charge in [-0.25, -0.2) is 0 Å². The fraction of sp³-hybridized carbons (Fsp3) is 0.462. The van der Waals surface area contributed by atoms with Crippen LogP contribution in [0, 0.1) is 6.92 Å². The SMILES string of the molecule is C.C.C.C.C.[CH2-]C.[Li+].c1ccccc1. The molecule has 0 N–H and O–H groups in total. The van der Waals surface area contributed by atoms with E-state index >= 15 is 0 Å². The van der Waals surface area contributed by atoms with E-state index in [1.54, 1.807) is 6.92 Å². The summed E-state index contributed by atoms with van der Waals surface area (Å²) in [5.41, 5.74) is 0. The zero-order valence-corrected chi connectivity index (χ0v) is 6.17. The molecule has 0 bridgehead atoms. The molecule has 0 radical (unpaired) electrons. The minimum absolute atomic E-state index is 0. The summed E-state index contributed by atoms with van der Waals surface area (Å²) in [5, 5.41) is 0. The van der Waals surface area contributed by atoms with Crippen molar-refractivity contribution in [3.8, 4) is 0 Å². The predicted molar refractivity (Wildman–Crippen MR) is 71.1 cm³/mol. The van der Waals surface area contributed by atoms with Crippen molar-refractivity contribution < 1.29 is 18.9 Å². The van der Waals surface area contributed by atoms with Crippen molar-refractivity contribution in [3.63, 3.8) is 0 Å². The van der Waals surface area contributed by atoms with Crippen molar-refractivity contribution >= 4 is 0 Å². The van der Waals surface area contributed by atoms with Crippen LogP contribution in [0.1, 0.15) is 44.1 Å². The molecule has 1 aromatic rings. The third-order valence-electron chi connectivity index (χ3n) is 0.667. The van der Waals surface area contributed by atoms with Gasteiger partial charge in [0, 0.05) is 0 Å². The van der Waals surface area contributed by atoms with Crippen LogP contribution in [0.5, 0.6) is 0 Å². The van der Waals surface area contributed by atoms with Gasteiger partial charge in [-0.3, -0.25) is 0 Å². The van der Waals surface area contributed by atoms with Gasteiger partial charge in [-0.1, -0.05) is 73.5 Å². The van der Waals surface area contributed by atoms with Gasteiger partial charge in [-0.2, -0.15) is 6.92 Å². The Morgan fingerprint density at radius 2 is 0.571 bits per heavy atom. The van der Waals surface area contributed by atoms with Gasteiger partial charge in [-0.05, 0) is 0 Å². The van der Waals surface area contributed by atoms with Gasteiger partial charge in [0.1, 0.15) is 0 Å². The molecule has 0 aromatic heterocycles. The Bertz CT molecular complexity index is 77.2. The van der Waals surface area contributed by atoms with E-state index in [2.05, 4.69) is 6.92 Å². The molecule has 0 saturated heterocycles. The van der Waals surface area contributed by atoms with Crippen LogP contribution in [0.2, 0.25) is 0 Å². The zero-order valence-electron chi connectivity index (χ0n) is 6.17. The van der Waals surface area contributed by atoms with E-state index in [9.17, 15) is 0 Å². The molecule has 0 nitrogen and oxygen atoms in total. The van der Waals surface area contributed by atoms with Crippen molar-refractivity contribution in [2.75, 3.05) is 0 Å². The van der Waals surface area contributed by atoms with Crippen molar-refractivity contribution in [2.45, 2.75) is 44.1 Å². The Morgan fingerprint density at radius 1 is 0.500 bits per heavy atom. The quantitative estimate of drug-likeness (QED) is 0.440. The minimum atomic E-state index is 0. The maximum Gasteiger partial charge on any atom is 1.00 e. The monoisotopic (exact) mass is 194 g/mol. The maximum atomic E-state index is 3.25. The maximum absolute atomic E-state index is 3.25. The molecule has 1 rings (SSSR count). The van der Waals surface area contributed by atoms with E-state index in [-0.39, 0.29) is 56.0 Å². The van der Waals surface area contributed by atoms with Gasteiger partial charge in [0.15, 0.2) is 0 Å². The summed E-state index contributed by atoms with van der Waals surface area (Å²) in [7, 11) is 0. The standard InChI is InChI=1S/C6H6.C2H5.5CH4.Li/c1-2-4-6-5-3-1;1-2;;;;;;/h1-6H;1H2,2H3;5*1H4;/q;-1;;;;;;+1. The first-order chi connectivity index (χ1) is 4.00. The molecule has 1 aromatic carbocycles. The van der Waals surface area contributed by atoms with Crippen molar-refractivity contribution in [3.05, 3.63) is 43.3 Å². The molecule has 0 unspecified atom stereocenters. The molecule has 0 saturated carbocycles. The molecule has 0 fully saturated rings. The average molecular weight is 194 g/mol. The first-order valence-corrected chi connectivity index (χ1v) is 2.71. The van der Waals surface area contributed by atoms with Crippen LogP contribution in [0.15, 0.2) is 36.4 Å². The van der Waals surface area contributed by atoms with E-state index in [4.69, 9.17) is 0 Å². The van der Waals surface area contributed by atoms with E-state index < -0.39 is 0 Å². The van der Waals surface area contributed by atoms with Crippen LogP contribution >= 0.6 is 0 Å². The summed E-state index contributed by atoms with van der Waals surface area (Å²) >= 11 is 0. The molecule has 14 heavy (non-hydrogen) atoms. The van der Waals surface area contributed by atoms with Gasteiger partial charge in [0.05, 0.1) is 0 Å². The summed E-state index contributed by atoms with van der Waals surface area (Å²) in [6.07, 6.45) is 0. The van der Waals surface area contributed by atoms with E-state index in [1.165, 1.54) is 0 Å². The molecule has 0 atom stereocenters. The Morgan fingerprint density at radius 3 is 0.643 bits per heavy atom. The first kappa shape index (κ1) is 48.8. The Labute approximate surface area is 106 Å². The Balaban J connectivity index is -0.0000000117. The van der Waals surface area contributed by atoms with Gasteiger partial charge in [0.2, 0.25) is 0 Å². The number of benzene rings is 1. The van der Waals surface area contributed by atoms with Gasteiger partial charge >= 0.3 is 18.9 Å². The second kappa shape index (κ2) is 52.9. The van der Waals surface area contributed by atoms with Crippen molar-refractivity contribution in [1.82, 2.24) is 0 Å². The number of rotatable bonds is 0. The molecule has 0 aliphatic carbocycles. The molecule has 0 amide bonds. The van der Waals surface area contributed by atoms with Crippen LogP contribution in [0.3, 0.4) is 0 Å². The topological polar surface area (TPSA) is 0 Å². The smallest absolute Gasteiger partial charge is 0.346 e. The van der Waals surface area contributed by atoms with E-state index in [0.29, 0.717) is 0 Å². The van der Waals surface area contributed by atoms with Crippen LogP contribution in [0.25, 0.3) is 0 Å². The van der Waals surface area contributed by atoms with Gasteiger partial charge in [-0.15, -0.1) is 0 Å². The van der Waals surface area contributed by atoms with Gasteiger partial charge in [0.25, 0.3) is 0 Å². The summed E-state index contributed by atoms with van der Waals surface area (Å²) in [5.74, 6) is 0. The number of hydrogen-bond acceptors (Lipinski definition) is 0. The van der Waals surface area contributed by atoms with Crippen LogP contribution in [-0.4, -0.2) is 0 Å². The molecular weight excluding hydrogens is 163 g/mol. The van der Waals surface area contributed by atoms with Crippen molar-refractivity contribution in [2.24, 2.45) is 0 Å². The summed E-state index contributed by atoms with van der Waals surface area (Å²) in [6.45, 7) is 5.00. The molecule has 1 heteroatoms. The normalized spacial score (nSPS) is 3.86. The van der Waals surface area contributed by atoms with E-state index in [1.807, 2.05) is 36.4 Å². The second-order valence-electron chi connectivity index (χ2n) is 1.15. The van der Waals surface area contributed by atoms with Crippen LogP contribution < -0.4 is 18.9 Å². The molecular formula is C13H31Li. The Hall–Kier alpha value is -0.183. The molecule has 0 aliphatic heterocycles. The van der Waals surface area contributed by atoms with Crippen LogP contribution in [-0.2, 0) is 0 Å². The van der Waals surface area contributed by atoms with Crippen molar-refractivity contribution in [1.29, 1.82) is 0 Å². The molecule has 0 spiro atoms. The first-order valence-electron chi connectivity index (χ1n) is 2.71. The molecule has 0 heterocycles. The fourth-order valence-electron chi connectivity index (χ4n) is 0.385. The number of hydrogen-bond donors (Lipinski definition) is 0. The molecule has 0 aliphatic rings. The van der Waals surface area contributed by atoms with Crippen LogP contribution in [0.4, 0.5) is 0 Å². The molecule has 84 valence electrons. The largest absolute Gasteiger partial charge is 1.00 e. The predicted octanol–water partition coefficient (Wildman–Crippen LogP) is 2.71. The zero-order chi connectivity index (χ0) is 6.24. The third kappa shape index (κ3) is 40.9. The second-order valence-corrected chi connectivity index (χ2v) is 1.15. The van der Waals surface area contributed by atoms with Gasteiger partial charge < -0.3 is 6.92 Å². The minimum Gasteiger partial charge on any atom is -0.346 e. The summed E-state index contributed by atoms with van der Waals surface area (Å²) in [4.78, 5) is 0. The fourth-order valence-corrected chi connectivity index (χ4v) is 0.385. The summed E-state index contributed by atoms with van der Waals surface area (Å²) < 4.78 is 0.